The summed E-state index contributed by atoms with van der Waals surface area (Å²) in [5, 5.41) is 5.15. The summed E-state index contributed by atoms with van der Waals surface area (Å²) < 4.78 is 12.5. The summed E-state index contributed by atoms with van der Waals surface area (Å²) in [4.78, 5) is 33.8. The minimum atomic E-state index is -0.613. The Morgan fingerprint density at radius 2 is 1.94 bits per heavy atom. The molecule has 0 atom stereocenters. The molecule has 1 amide bonds. The van der Waals surface area contributed by atoms with Crippen LogP contribution in [0.5, 0.6) is 5.75 Å². The SMILES string of the molecule is Cc1c(C(=O)Oc2ccc(Br)c3cccnc23)oc2c1/C(=N/NC(=O)c1ccccn1)CCC2. The Balaban J connectivity index is 1.42. The van der Waals surface area contributed by atoms with Gasteiger partial charge in [0.2, 0.25) is 5.76 Å². The summed E-state index contributed by atoms with van der Waals surface area (Å²) in [6.45, 7) is 1.79. The van der Waals surface area contributed by atoms with Gasteiger partial charge in [-0.3, -0.25) is 14.8 Å². The van der Waals surface area contributed by atoms with E-state index >= 15 is 0 Å². The average molecular weight is 519 g/mol. The van der Waals surface area contributed by atoms with Crippen molar-refractivity contribution < 1.29 is 18.7 Å². The second-order valence-electron chi connectivity index (χ2n) is 7.76. The van der Waals surface area contributed by atoms with Crippen molar-refractivity contribution in [2.24, 2.45) is 5.10 Å². The van der Waals surface area contributed by atoms with Gasteiger partial charge >= 0.3 is 5.97 Å². The van der Waals surface area contributed by atoms with Crippen LogP contribution in [0.2, 0.25) is 0 Å². The van der Waals surface area contributed by atoms with Gasteiger partial charge in [-0.25, -0.2) is 10.2 Å². The van der Waals surface area contributed by atoms with Gasteiger partial charge in [-0.2, -0.15) is 5.10 Å². The standard InChI is InChI=1S/C25H19BrN4O4/c1-14-21-17(29-30-24(31)18-7-2-3-12-27-18)8-4-9-19(21)33-23(14)25(32)34-20-11-10-16(26)15-6-5-13-28-22(15)20/h2-3,5-7,10-13H,4,8-9H2,1H3,(H,30,31)/b29-17+. The van der Waals surface area contributed by atoms with Crippen LogP contribution in [0.3, 0.4) is 0 Å². The van der Waals surface area contributed by atoms with Gasteiger partial charge in [0.1, 0.15) is 17.0 Å². The molecule has 9 heteroatoms. The number of aromatic nitrogens is 2. The molecule has 170 valence electrons. The predicted octanol–water partition coefficient (Wildman–Crippen LogP) is 4.98. The van der Waals surface area contributed by atoms with E-state index in [0.717, 1.165) is 21.8 Å². The second-order valence-corrected chi connectivity index (χ2v) is 8.61. The van der Waals surface area contributed by atoms with Gasteiger partial charge in [-0.1, -0.05) is 28.1 Å². The lowest BCUT2D eigenvalue weighted by Crippen LogP contribution is -2.22. The lowest BCUT2D eigenvalue weighted by Gasteiger charge is -2.13. The largest absolute Gasteiger partial charge is 0.453 e. The van der Waals surface area contributed by atoms with E-state index in [4.69, 9.17) is 9.15 Å². The molecule has 4 aromatic rings. The number of hydrogen-bond donors (Lipinski definition) is 1. The number of nitrogens with one attached hydrogen (secondary N) is 1. The van der Waals surface area contributed by atoms with Crippen molar-refractivity contribution in [3.8, 4) is 5.75 Å². The first kappa shape index (κ1) is 22.0. The number of carbonyl (C=O) groups is 2. The molecule has 1 N–H and O–H groups in total. The van der Waals surface area contributed by atoms with Gasteiger partial charge in [0.25, 0.3) is 5.91 Å². The number of hydrazone groups is 1. The van der Waals surface area contributed by atoms with Crippen molar-refractivity contribution in [3.63, 3.8) is 0 Å². The summed E-state index contributed by atoms with van der Waals surface area (Å²) in [6, 6.07) is 12.3. The molecule has 1 aliphatic carbocycles. The number of furan rings is 1. The zero-order valence-corrected chi connectivity index (χ0v) is 19.8. The third kappa shape index (κ3) is 4.10. The van der Waals surface area contributed by atoms with Crippen LogP contribution in [0.4, 0.5) is 0 Å². The van der Waals surface area contributed by atoms with E-state index in [1.54, 1.807) is 43.6 Å². The average Bonchev–Trinajstić information content (AvgIpc) is 3.22. The zero-order chi connectivity index (χ0) is 23.7. The van der Waals surface area contributed by atoms with Crippen LogP contribution in [0.15, 0.2) is 68.8 Å². The van der Waals surface area contributed by atoms with Crippen LogP contribution < -0.4 is 10.2 Å². The molecular weight excluding hydrogens is 500 g/mol. The first-order valence-corrected chi connectivity index (χ1v) is 11.5. The normalized spacial score (nSPS) is 14.1. The van der Waals surface area contributed by atoms with Gasteiger partial charge in [-0.05, 0) is 50.1 Å². The molecule has 0 radical (unpaired) electrons. The first-order valence-electron chi connectivity index (χ1n) is 10.7. The number of nitrogens with zero attached hydrogens (tertiary/aromatic N) is 3. The maximum atomic E-state index is 13.1. The smallest absolute Gasteiger partial charge is 0.380 e. The number of fused-ring (bicyclic) bond motifs is 2. The Bertz CT molecular complexity index is 1450. The quantitative estimate of drug-likeness (QED) is 0.232. The van der Waals surface area contributed by atoms with Gasteiger partial charge in [0.15, 0.2) is 5.75 Å². The monoisotopic (exact) mass is 518 g/mol. The van der Waals surface area contributed by atoms with Gasteiger partial charge in [0, 0.05) is 39.8 Å². The fourth-order valence-corrected chi connectivity index (χ4v) is 4.44. The molecule has 1 aliphatic rings. The summed E-state index contributed by atoms with van der Waals surface area (Å²) in [5.74, 6) is 0.0886. The number of amides is 1. The highest BCUT2D eigenvalue weighted by Gasteiger charge is 2.29. The van der Waals surface area contributed by atoms with Crippen molar-refractivity contribution >= 4 is 44.4 Å². The van der Waals surface area contributed by atoms with E-state index in [9.17, 15) is 9.59 Å². The number of rotatable bonds is 4. The molecule has 3 heterocycles. The van der Waals surface area contributed by atoms with Crippen LogP contribution in [0, 0.1) is 6.92 Å². The summed E-state index contributed by atoms with van der Waals surface area (Å²) >= 11 is 3.49. The fourth-order valence-electron chi connectivity index (χ4n) is 3.99. The lowest BCUT2D eigenvalue weighted by atomic mass is 9.93. The Labute approximate surface area is 203 Å². The Kier molecular flexibility index (Phi) is 5.93. The summed E-state index contributed by atoms with van der Waals surface area (Å²) in [6.07, 6.45) is 5.28. The number of carbonyl (C=O) groups excluding carboxylic acids is 2. The van der Waals surface area contributed by atoms with E-state index in [-0.39, 0.29) is 11.5 Å². The number of esters is 1. The second kappa shape index (κ2) is 9.18. The van der Waals surface area contributed by atoms with Crippen LogP contribution in [-0.4, -0.2) is 27.6 Å². The molecule has 0 spiro atoms. The Hall–Kier alpha value is -3.85. The highest BCUT2D eigenvalue weighted by Crippen LogP contribution is 2.33. The van der Waals surface area contributed by atoms with Gasteiger partial charge in [-0.15, -0.1) is 0 Å². The number of benzene rings is 1. The fraction of sp³-hybridized carbons (Fsp3) is 0.160. The maximum Gasteiger partial charge on any atom is 0.380 e. The van der Waals surface area contributed by atoms with Gasteiger partial charge < -0.3 is 9.15 Å². The van der Waals surface area contributed by atoms with E-state index in [1.807, 2.05) is 18.2 Å². The lowest BCUT2D eigenvalue weighted by molar-refractivity contribution is 0.0700. The molecule has 0 saturated heterocycles. The Morgan fingerprint density at radius 3 is 2.76 bits per heavy atom. The number of pyridine rings is 2. The van der Waals surface area contributed by atoms with Crippen molar-refractivity contribution in [3.05, 3.63) is 87.7 Å². The zero-order valence-electron chi connectivity index (χ0n) is 18.2. The van der Waals surface area contributed by atoms with Crippen molar-refractivity contribution in [1.29, 1.82) is 0 Å². The minimum absolute atomic E-state index is 0.114. The van der Waals surface area contributed by atoms with Crippen LogP contribution >= 0.6 is 15.9 Å². The summed E-state index contributed by atoms with van der Waals surface area (Å²) in [7, 11) is 0. The molecule has 0 unspecified atom stereocenters. The number of halogens is 1. The van der Waals surface area contributed by atoms with E-state index in [2.05, 4.69) is 36.4 Å². The predicted molar refractivity (Wildman–Crippen MR) is 129 cm³/mol. The Morgan fingerprint density at radius 1 is 1.09 bits per heavy atom. The van der Waals surface area contributed by atoms with Crippen LogP contribution in [-0.2, 0) is 6.42 Å². The molecule has 34 heavy (non-hydrogen) atoms. The highest BCUT2D eigenvalue weighted by molar-refractivity contribution is 9.10. The van der Waals surface area contributed by atoms with Crippen molar-refractivity contribution in [2.45, 2.75) is 26.2 Å². The molecule has 0 fully saturated rings. The van der Waals surface area contributed by atoms with Crippen LogP contribution in [0.1, 0.15) is 50.8 Å². The summed E-state index contributed by atoms with van der Waals surface area (Å²) in [5.41, 5.74) is 5.41. The number of hydrogen-bond acceptors (Lipinski definition) is 7. The molecule has 0 bridgehead atoms. The minimum Gasteiger partial charge on any atom is -0.453 e. The molecule has 8 nitrogen and oxygen atoms in total. The van der Waals surface area contributed by atoms with Crippen molar-refractivity contribution in [1.82, 2.24) is 15.4 Å². The third-order valence-electron chi connectivity index (χ3n) is 5.58. The molecule has 0 aliphatic heterocycles. The van der Waals surface area contributed by atoms with Gasteiger partial charge in [0.05, 0.1) is 5.71 Å². The number of ether oxygens (including phenoxy) is 1. The number of aryl methyl sites for hydroxylation is 1. The van der Waals surface area contributed by atoms with Crippen molar-refractivity contribution in [2.75, 3.05) is 0 Å². The molecule has 5 rings (SSSR count). The molecule has 3 aromatic heterocycles. The highest BCUT2D eigenvalue weighted by atomic mass is 79.9. The first-order chi connectivity index (χ1) is 16.5. The van der Waals surface area contributed by atoms with E-state index in [1.165, 1.54) is 0 Å². The maximum absolute atomic E-state index is 13.1. The van der Waals surface area contributed by atoms with E-state index < -0.39 is 11.9 Å². The van der Waals surface area contributed by atoms with Crippen LogP contribution in [0.25, 0.3) is 10.9 Å². The molecule has 1 aromatic carbocycles. The van der Waals surface area contributed by atoms with E-state index in [0.29, 0.717) is 41.1 Å². The topological polar surface area (TPSA) is 107 Å². The third-order valence-corrected chi connectivity index (χ3v) is 6.27. The molecule has 0 saturated carbocycles. The molecular formula is C25H19BrN4O4.